The molecule has 1 aromatic heterocycles. The first-order chi connectivity index (χ1) is 16.1. The van der Waals surface area contributed by atoms with Crippen LogP contribution in [0.3, 0.4) is 0 Å². The van der Waals surface area contributed by atoms with E-state index in [0.717, 1.165) is 54.3 Å². The normalized spacial score (nSPS) is 18.2. The van der Waals surface area contributed by atoms with Crippen LogP contribution in [-0.2, 0) is 6.54 Å². The van der Waals surface area contributed by atoms with Crippen LogP contribution in [0.15, 0.2) is 48.5 Å². The van der Waals surface area contributed by atoms with Gasteiger partial charge in [0.1, 0.15) is 17.3 Å². The van der Waals surface area contributed by atoms with Crippen LogP contribution in [-0.4, -0.2) is 45.9 Å². The standard InChI is InChI=1S/C27H36N4O2/c1-31(2)24-16-27(30-23-9-6-5-8-21(23)24)29-20-14-12-19(13-15-20)17-28-18-22-25(32-3)10-7-11-26(22)33-4/h5-11,16,19-20,28H,12-15,17-18H2,1-4H3,(H,29,30)/t19-,20+. The van der Waals surface area contributed by atoms with Gasteiger partial charge in [0, 0.05) is 49.4 Å². The predicted octanol–water partition coefficient (Wildman–Crippen LogP) is 5.08. The Hall–Kier alpha value is -2.99. The van der Waals surface area contributed by atoms with E-state index in [0.29, 0.717) is 12.0 Å². The highest BCUT2D eigenvalue weighted by atomic mass is 16.5. The zero-order valence-corrected chi connectivity index (χ0v) is 20.2. The van der Waals surface area contributed by atoms with Crippen molar-refractivity contribution in [2.75, 3.05) is 45.1 Å². The fraction of sp³-hybridized carbons (Fsp3) is 0.444. The Morgan fingerprint density at radius 2 is 1.64 bits per heavy atom. The third-order valence-electron chi connectivity index (χ3n) is 6.64. The third kappa shape index (κ3) is 5.50. The third-order valence-corrected chi connectivity index (χ3v) is 6.64. The van der Waals surface area contributed by atoms with Crippen LogP contribution >= 0.6 is 0 Å². The maximum atomic E-state index is 5.51. The molecule has 1 saturated carbocycles. The summed E-state index contributed by atoms with van der Waals surface area (Å²) in [6.45, 7) is 1.76. The van der Waals surface area contributed by atoms with E-state index in [1.165, 1.54) is 23.9 Å². The lowest BCUT2D eigenvalue weighted by atomic mass is 9.86. The second kappa shape index (κ2) is 10.8. The summed E-state index contributed by atoms with van der Waals surface area (Å²) in [5.41, 5.74) is 3.32. The molecule has 0 spiro atoms. The van der Waals surface area contributed by atoms with Gasteiger partial charge < -0.3 is 25.0 Å². The van der Waals surface area contributed by atoms with Crippen LogP contribution in [0, 0.1) is 5.92 Å². The highest BCUT2D eigenvalue weighted by molar-refractivity contribution is 5.93. The van der Waals surface area contributed by atoms with Crippen molar-refractivity contribution in [2.45, 2.75) is 38.3 Å². The Bertz CT molecular complexity index is 1040. The van der Waals surface area contributed by atoms with Gasteiger partial charge in [-0.3, -0.25) is 0 Å². The van der Waals surface area contributed by atoms with Crippen LogP contribution in [0.4, 0.5) is 11.5 Å². The number of benzene rings is 2. The lowest BCUT2D eigenvalue weighted by molar-refractivity contribution is 0.321. The molecule has 1 heterocycles. The van der Waals surface area contributed by atoms with Crippen molar-refractivity contribution >= 4 is 22.4 Å². The molecule has 0 amide bonds. The van der Waals surface area contributed by atoms with Crippen molar-refractivity contribution < 1.29 is 9.47 Å². The van der Waals surface area contributed by atoms with Gasteiger partial charge in [-0.15, -0.1) is 0 Å². The number of rotatable bonds is 9. The minimum atomic E-state index is 0.472. The molecule has 0 aliphatic heterocycles. The lowest BCUT2D eigenvalue weighted by Crippen LogP contribution is -2.31. The van der Waals surface area contributed by atoms with E-state index in [1.807, 2.05) is 18.2 Å². The van der Waals surface area contributed by atoms with E-state index in [-0.39, 0.29) is 0 Å². The smallest absolute Gasteiger partial charge is 0.128 e. The van der Waals surface area contributed by atoms with Crippen molar-refractivity contribution in [1.82, 2.24) is 10.3 Å². The quantitative estimate of drug-likeness (QED) is 0.476. The number of fused-ring (bicyclic) bond motifs is 1. The number of para-hydroxylation sites is 1. The molecule has 6 nitrogen and oxygen atoms in total. The fourth-order valence-corrected chi connectivity index (χ4v) is 4.82. The second-order valence-electron chi connectivity index (χ2n) is 9.07. The van der Waals surface area contributed by atoms with Gasteiger partial charge in [-0.05, 0) is 56.3 Å². The first kappa shape index (κ1) is 23.2. The Labute approximate surface area is 197 Å². The molecular weight excluding hydrogens is 412 g/mol. The van der Waals surface area contributed by atoms with Crippen molar-refractivity contribution in [2.24, 2.45) is 5.92 Å². The van der Waals surface area contributed by atoms with Crippen molar-refractivity contribution in [3.8, 4) is 11.5 Å². The molecule has 33 heavy (non-hydrogen) atoms. The van der Waals surface area contributed by atoms with E-state index in [2.05, 4.69) is 60.0 Å². The molecule has 6 heteroatoms. The van der Waals surface area contributed by atoms with Gasteiger partial charge in [0.15, 0.2) is 0 Å². The molecule has 0 bridgehead atoms. The van der Waals surface area contributed by atoms with Gasteiger partial charge in [-0.1, -0.05) is 24.3 Å². The Morgan fingerprint density at radius 3 is 2.30 bits per heavy atom. The maximum absolute atomic E-state index is 5.51. The number of hydrogen-bond donors (Lipinski definition) is 2. The molecule has 4 rings (SSSR count). The summed E-state index contributed by atoms with van der Waals surface area (Å²) in [6.07, 6.45) is 4.75. The highest BCUT2D eigenvalue weighted by Crippen LogP contribution is 2.31. The Balaban J connectivity index is 1.30. The lowest BCUT2D eigenvalue weighted by Gasteiger charge is -2.30. The number of pyridine rings is 1. The fourth-order valence-electron chi connectivity index (χ4n) is 4.82. The average Bonchev–Trinajstić information content (AvgIpc) is 2.84. The molecule has 0 unspecified atom stereocenters. The molecule has 1 fully saturated rings. The molecule has 1 aliphatic rings. The predicted molar refractivity (Wildman–Crippen MR) is 137 cm³/mol. The van der Waals surface area contributed by atoms with Crippen molar-refractivity contribution in [3.63, 3.8) is 0 Å². The number of methoxy groups -OCH3 is 2. The van der Waals surface area contributed by atoms with Crippen molar-refractivity contribution in [3.05, 3.63) is 54.1 Å². The first-order valence-electron chi connectivity index (χ1n) is 11.8. The van der Waals surface area contributed by atoms with Crippen LogP contribution in [0.5, 0.6) is 11.5 Å². The highest BCUT2D eigenvalue weighted by Gasteiger charge is 2.22. The molecule has 2 aromatic carbocycles. The summed E-state index contributed by atoms with van der Waals surface area (Å²) in [7, 11) is 7.59. The largest absolute Gasteiger partial charge is 0.496 e. The minimum Gasteiger partial charge on any atom is -0.496 e. The van der Waals surface area contributed by atoms with Crippen LogP contribution < -0.4 is 25.0 Å². The van der Waals surface area contributed by atoms with Gasteiger partial charge in [0.05, 0.1) is 19.7 Å². The van der Waals surface area contributed by atoms with E-state index < -0.39 is 0 Å². The van der Waals surface area contributed by atoms with Crippen LogP contribution in [0.2, 0.25) is 0 Å². The summed E-state index contributed by atoms with van der Waals surface area (Å²) >= 11 is 0. The summed E-state index contributed by atoms with van der Waals surface area (Å²) in [5.74, 6) is 3.40. The molecule has 0 radical (unpaired) electrons. The summed E-state index contributed by atoms with van der Waals surface area (Å²) < 4.78 is 11.0. The molecule has 3 aromatic rings. The number of anilines is 2. The zero-order chi connectivity index (χ0) is 23.2. The molecular formula is C27H36N4O2. The summed E-state index contributed by atoms with van der Waals surface area (Å²) in [5, 5.41) is 8.53. The first-order valence-corrected chi connectivity index (χ1v) is 11.8. The Morgan fingerprint density at radius 1 is 0.939 bits per heavy atom. The monoisotopic (exact) mass is 448 g/mol. The van der Waals surface area contributed by atoms with Crippen LogP contribution in [0.1, 0.15) is 31.2 Å². The number of nitrogens with zero attached hydrogens (tertiary/aromatic N) is 2. The van der Waals surface area contributed by atoms with Crippen LogP contribution in [0.25, 0.3) is 10.9 Å². The maximum Gasteiger partial charge on any atom is 0.128 e. The molecule has 176 valence electrons. The number of nitrogens with one attached hydrogen (secondary N) is 2. The summed E-state index contributed by atoms with van der Waals surface area (Å²) in [6, 6.07) is 16.9. The molecule has 0 atom stereocenters. The average molecular weight is 449 g/mol. The van der Waals surface area contributed by atoms with E-state index in [1.54, 1.807) is 14.2 Å². The molecule has 2 N–H and O–H groups in total. The van der Waals surface area contributed by atoms with Crippen molar-refractivity contribution in [1.29, 1.82) is 0 Å². The van der Waals surface area contributed by atoms with Gasteiger partial charge in [0.2, 0.25) is 0 Å². The SMILES string of the molecule is COc1cccc(OC)c1CNC[C@H]1CC[C@@H](Nc2cc(N(C)C)c3ccccc3n2)CC1. The van der Waals surface area contributed by atoms with Gasteiger partial charge in [-0.2, -0.15) is 0 Å². The molecule has 1 aliphatic carbocycles. The number of hydrogen-bond acceptors (Lipinski definition) is 6. The topological polar surface area (TPSA) is 58.7 Å². The van der Waals surface area contributed by atoms with E-state index in [9.17, 15) is 0 Å². The second-order valence-corrected chi connectivity index (χ2v) is 9.07. The number of ether oxygens (including phenoxy) is 2. The van der Waals surface area contributed by atoms with Gasteiger partial charge in [-0.25, -0.2) is 4.98 Å². The summed E-state index contributed by atoms with van der Waals surface area (Å²) in [4.78, 5) is 7.03. The minimum absolute atomic E-state index is 0.472. The van der Waals surface area contributed by atoms with Gasteiger partial charge in [0.25, 0.3) is 0 Å². The molecule has 0 saturated heterocycles. The Kier molecular flexibility index (Phi) is 7.55. The van der Waals surface area contributed by atoms with Gasteiger partial charge >= 0.3 is 0 Å². The van der Waals surface area contributed by atoms with E-state index in [4.69, 9.17) is 14.5 Å². The zero-order valence-electron chi connectivity index (χ0n) is 20.2. The van der Waals surface area contributed by atoms with E-state index >= 15 is 0 Å². The number of aromatic nitrogens is 1.